The number of hydrogen-bond donors (Lipinski definition) is 8. The highest BCUT2D eigenvalue weighted by molar-refractivity contribution is 5.96. The quantitative estimate of drug-likeness (QED) is 0.0474. The number of nitrogens with zero attached hydrogens (tertiary/aromatic N) is 7. The zero-order chi connectivity index (χ0) is 40.4. The number of ether oxygens (including phenoxy) is 2. The molecule has 1 aromatic heterocycles. The van der Waals surface area contributed by atoms with Crippen molar-refractivity contribution in [2.45, 2.75) is 0 Å². The minimum Gasteiger partial charge on any atom is -0.494 e. The molecule has 0 aliphatic carbocycles. The Hall–Kier alpha value is -8.07. The second-order valence-electron chi connectivity index (χ2n) is 11.1. The van der Waals surface area contributed by atoms with Gasteiger partial charge in [0.2, 0.25) is 17.8 Å². The summed E-state index contributed by atoms with van der Waals surface area (Å²) in [6, 6.07) is 16.0. The molecule has 0 radical (unpaired) electrons. The van der Waals surface area contributed by atoms with Gasteiger partial charge in [0.1, 0.15) is 11.5 Å². The maximum Gasteiger partial charge on any atom is 0.335 e. The molecule has 0 aliphatic rings. The molecule has 0 spiro atoms. The molecule has 0 atom stereocenters. The first-order valence-corrected chi connectivity index (χ1v) is 15.9. The lowest BCUT2D eigenvalue weighted by molar-refractivity contribution is 0.0676. The molecule has 5 aromatic rings. The summed E-state index contributed by atoms with van der Waals surface area (Å²) in [5.41, 5.74) is 0.261. The van der Waals surface area contributed by atoms with Gasteiger partial charge in [-0.3, -0.25) is 0 Å². The standard InChI is InChI=1S/C35H30N10O11/c1-55-27-15-21(42-44-23-11-17(29(47)48)9-18(12-23)30(49)50)3-5-25(27)37-34-39-33(36-7-8-46)40-35(41-34)38-26-6-4-22(16-28(26)56-2)43-45-24-13-19(31(51)52)10-20(14-24)32(53)54/h3-6,9-16,46H,7-8H2,1-2H3,(H,47,48)(H,49,50)(H,51,52)(H,53,54)(H3,36,37,38,39,40,41). The number of nitrogens with one attached hydrogen (secondary N) is 3. The fraction of sp³-hybridized carbons (Fsp3) is 0.114. The Morgan fingerprint density at radius 1 is 0.536 bits per heavy atom. The van der Waals surface area contributed by atoms with Gasteiger partial charge in [-0.25, -0.2) is 19.2 Å². The minimum absolute atomic E-state index is 0.00611. The lowest BCUT2D eigenvalue weighted by atomic mass is 10.1. The number of aliphatic hydroxyl groups excluding tert-OH is 1. The van der Waals surface area contributed by atoms with E-state index in [0.29, 0.717) is 11.4 Å². The van der Waals surface area contributed by atoms with Crippen LogP contribution in [0.2, 0.25) is 0 Å². The second-order valence-corrected chi connectivity index (χ2v) is 11.1. The Morgan fingerprint density at radius 2 is 0.893 bits per heavy atom. The third kappa shape index (κ3) is 10.1. The lowest BCUT2D eigenvalue weighted by Gasteiger charge is -2.14. The molecule has 21 heteroatoms. The molecule has 0 saturated heterocycles. The number of anilines is 5. The van der Waals surface area contributed by atoms with Crippen molar-refractivity contribution in [3.8, 4) is 11.5 Å². The van der Waals surface area contributed by atoms with Crippen LogP contribution in [0.4, 0.5) is 52.0 Å². The fourth-order valence-corrected chi connectivity index (χ4v) is 4.73. The number of carboxylic acid groups (broad SMARTS) is 4. The van der Waals surface area contributed by atoms with Crippen molar-refractivity contribution in [2.75, 3.05) is 43.3 Å². The van der Waals surface area contributed by atoms with E-state index in [1.165, 1.54) is 50.6 Å². The fourth-order valence-electron chi connectivity index (χ4n) is 4.73. The van der Waals surface area contributed by atoms with Crippen LogP contribution in [0.25, 0.3) is 0 Å². The molecule has 1 heterocycles. The summed E-state index contributed by atoms with van der Waals surface area (Å²) in [6.07, 6.45) is 0. The number of hydrogen-bond acceptors (Lipinski definition) is 17. The number of carboxylic acids is 4. The molecule has 0 fully saturated rings. The van der Waals surface area contributed by atoms with Crippen molar-refractivity contribution in [1.82, 2.24) is 15.0 Å². The number of aromatic carboxylic acids is 4. The summed E-state index contributed by atoms with van der Waals surface area (Å²) in [4.78, 5) is 58.9. The SMILES string of the molecule is COc1cc(N=Nc2cc(C(=O)O)cc(C(=O)O)c2)ccc1Nc1nc(NCCO)nc(Nc2ccc(N=Nc3cc(C(=O)O)cc(C(=O)O)c3)cc2OC)n1. The van der Waals surface area contributed by atoms with Gasteiger partial charge in [0.25, 0.3) is 0 Å². The van der Waals surface area contributed by atoms with Gasteiger partial charge in [-0.1, -0.05) is 0 Å². The summed E-state index contributed by atoms with van der Waals surface area (Å²) in [7, 11) is 2.81. The first-order valence-electron chi connectivity index (χ1n) is 15.9. The van der Waals surface area contributed by atoms with Crippen LogP contribution in [0.1, 0.15) is 41.4 Å². The second kappa shape index (κ2) is 17.6. The Balaban J connectivity index is 1.39. The summed E-state index contributed by atoms with van der Waals surface area (Å²) >= 11 is 0. The van der Waals surface area contributed by atoms with E-state index >= 15 is 0 Å². The number of aliphatic hydroxyl groups is 1. The van der Waals surface area contributed by atoms with Crippen LogP contribution in [0, 0.1) is 0 Å². The normalized spacial score (nSPS) is 11.0. The van der Waals surface area contributed by atoms with E-state index in [-0.39, 0.29) is 87.5 Å². The predicted molar refractivity (Wildman–Crippen MR) is 197 cm³/mol. The molecule has 0 saturated carbocycles. The molecule has 0 bridgehead atoms. The highest BCUT2D eigenvalue weighted by Gasteiger charge is 2.15. The molecular weight excluding hydrogens is 736 g/mol. The molecular formula is C35H30N10O11. The van der Waals surface area contributed by atoms with Crippen LogP contribution in [-0.2, 0) is 0 Å². The zero-order valence-corrected chi connectivity index (χ0v) is 29.2. The van der Waals surface area contributed by atoms with Crippen LogP contribution < -0.4 is 25.4 Å². The van der Waals surface area contributed by atoms with Crippen molar-refractivity contribution in [1.29, 1.82) is 0 Å². The third-order valence-electron chi connectivity index (χ3n) is 7.28. The molecule has 0 aliphatic heterocycles. The Labute approximate surface area is 315 Å². The highest BCUT2D eigenvalue weighted by Crippen LogP contribution is 2.35. The number of aromatic nitrogens is 3. The van der Waals surface area contributed by atoms with Gasteiger partial charge in [0, 0.05) is 18.7 Å². The smallest absolute Gasteiger partial charge is 0.335 e. The topological polar surface area (TPSA) is 312 Å². The molecule has 5 rings (SSSR count). The number of benzene rings is 4. The zero-order valence-electron chi connectivity index (χ0n) is 29.2. The van der Waals surface area contributed by atoms with E-state index in [9.17, 15) is 44.7 Å². The van der Waals surface area contributed by atoms with Crippen molar-refractivity contribution >= 4 is 75.8 Å². The number of carbonyl (C=O) groups is 4. The van der Waals surface area contributed by atoms with Crippen molar-refractivity contribution in [3.05, 3.63) is 95.1 Å². The molecule has 21 nitrogen and oxygen atoms in total. The van der Waals surface area contributed by atoms with Gasteiger partial charge < -0.3 is 51.0 Å². The van der Waals surface area contributed by atoms with Crippen molar-refractivity contribution < 1.29 is 54.2 Å². The summed E-state index contributed by atoms with van der Waals surface area (Å²) in [5, 5.41) is 71.8. The largest absolute Gasteiger partial charge is 0.494 e. The Morgan fingerprint density at radius 3 is 1.23 bits per heavy atom. The van der Waals surface area contributed by atoms with Crippen LogP contribution in [0.3, 0.4) is 0 Å². The third-order valence-corrected chi connectivity index (χ3v) is 7.28. The molecule has 0 unspecified atom stereocenters. The molecule has 8 N–H and O–H groups in total. The molecule has 4 aromatic carbocycles. The predicted octanol–water partition coefficient (Wildman–Crippen LogP) is 6.40. The van der Waals surface area contributed by atoms with Crippen molar-refractivity contribution in [2.24, 2.45) is 20.5 Å². The van der Waals surface area contributed by atoms with Crippen LogP contribution in [-0.4, -0.2) is 91.7 Å². The van der Waals surface area contributed by atoms with Gasteiger partial charge in [0.05, 0.1) is 77.2 Å². The summed E-state index contributed by atoms with van der Waals surface area (Å²) in [6.45, 7) is -0.108. The Kier molecular flexibility index (Phi) is 12.3. The van der Waals surface area contributed by atoms with Gasteiger partial charge in [-0.2, -0.15) is 35.4 Å². The minimum atomic E-state index is -1.33. The van der Waals surface area contributed by atoms with E-state index < -0.39 is 23.9 Å². The van der Waals surface area contributed by atoms with Gasteiger partial charge >= 0.3 is 23.9 Å². The van der Waals surface area contributed by atoms with Gasteiger partial charge in [-0.05, 0) is 60.7 Å². The van der Waals surface area contributed by atoms with Crippen LogP contribution in [0.5, 0.6) is 11.5 Å². The molecule has 286 valence electrons. The van der Waals surface area contributed by atoms with E-state index in [4.69, 9.17) is 9.47 Å². The van der Waals surface area contributed by atoms with E-state index in [0.717, 1.165) is 12.1 Å². The van der Waals surface area contributed by atoms with E-state index in [2.05, 4.69) is 51.4 Å². The van der Waals surface area contributed by atoms with E-state index in [1.807, 2.05) is 0 Å². The van der Waals surface area contributed by atoms with Crippen LogP contribution >= 0.6 is 0 Å². The maximum absolute atomic E-state index is 11.4. The maximum atomic E-state index is 11.4. The first-order chi connectivity index (χ1) is 26.8. The summed E-state index contributed by atoms with van der Waals surface area (Å²) < 4.78 is 11.0. The Bertz CT molecular complexity index is 2170. The monoisotopic (exact) mass is 766 g/mol. The molecule has 56 heavy (non-hydrogen) atoms. The first kappa shape index (κ1) is 39.1. The number of rotatable bonds is 17. The average Bonchev–Trinajstić information content (AvgIpc) is 3.18. The lowest BCUT2D eigenvalue weighted by Crippen LogP contribution is -2.12. The van der Waals surface area contributed by atoms with Crippen LogP contribution in [0.15, 0.2) is 93.3 Å². The number of azo groups is 2. The van der Waals surface area contributed by atoms with E-state index in [1.54, 1.807) is 24.3 Å². The molecule has 0 amide bonds. The number of methoxy groups -OCH3 is 2. The van der Waals surface area contributed by atoms with Gasteiger partial charge in [-0.15, -0.1) is 0 Å². The average molecular weight is 767 g/mol. The summed E-state index contributed by atoms with van der Waals surface area (Å²) in [5.74, 6) is -4.60. The highest BCUT2D eigenvalue weighted by atomic mass is 16.5. The van der Waals surface area contributed by atoms with Crippen molar-refractivity contribution in [3.63, 3.8) is 0 Å². The van der Waals surface area contributed by atoms with Gasteiger partial charge in [0.15, 0.2) is 0 Å².